The molecule has 0 bridgehead atoms. The Labute approximate surface area is 216 Å². The van der Waals surface area contributed by atoms with Crippen LogP contribution in [0.4, 0.5) is 5.82 Å². The van der Waals surface area contributed by atoms with Crippen molar-refractivity contribution in [2.45, 2.75) is 25.8 Å². The number of rotatable bonds is 8. The van der Waals surface area contributed by atoms with Gasteiger partial charge in [-0.3, -0.25) is 4.79 Å². The topological polar surface area (TPSA) is 81.5 Å². The number of nitrogens with zero attached hydrogens (tertiary/aromatic N) is 4. The third-order valence-electron chi connectivity index (χ3n) is 6.61. The molecule has 0 radical (unpaired) electrons. The molecule has 0 atom stereocenters. The molecule has 37 heavy (non-hydrogen) atoms. The van der Waals surface area contributed by atoms with Crippen molar-refractivity contribution in [1.82, 2.24) is 20.1 Å². The van der Waals surface area contributed by atoms with Crippen molar-refractivity contribution in [3.05, 3.63) is 84.3 Å². The largest absolute Gasteiger partial charge is 0.493 e. The van der Waals surface area contributed by atoms with Crippen LogP contribution in [0.5, 0.6) is 11.5 Å². The van der Waals surface area contributed by atoms with Gasteiger partial charge in [0, 0.05) is 43.2 Å². The molecule has 190 valence electrons. The minimum Gasteiger partial charge on any atom is -0.493 e. The van der Waals surface area contributed by atoms with Crippen LogP contribution in [-0.2, 0) is 6.54 Å². The monoisotopic (exact) mass is 497 g/mol. The molecule has 4 aromatic rings. The molecule has 8 heteroatoms. The van der Waals surface area contributed by atoms with E-state index in [1.165, 1.54) is 6.42 Å². The molecular weight excluding hydrogens is 466 g/mol. The summed E-state index contributed by atoms with van der Waals surface area (Å²) in [5.74, 6) is 1.89. The summed E-state index contributed by atoms with van der Waals surface area (Å²) in [4.78, 5) is 20.5. The second-order valence-corrected chi connectivity index (χ2v) is 8.96. The number of amides is 1. The van der Waals surface area contributed by atoms with Crippen LogP contribution in [0, 0.1) is 0 Å². The van der Waals surface area contributed by atoms with Gasteiger partial charge in [0.15, 0.2) is 17.2 Å². The Hall–Kier alpha value is -4.33. The van der Waals surface area contributed by atoms with Crippen LogP contribution in [0.3, 0.4) is 0 Å². The van der Waals surface area contributed by atoms with Gasteiger partial charge in [0.25, 0.3) is 5.91 Å². The summed E-state index contributed by atoms with van der Waals surface area (Å²) in [5.41, 5.74) is 3.69. The summed E-state index contributed by atoms with van der Waals surface area (Å²) in [6, 6.07) is 19.3. The summed E-state index contributed by atoms with van der Waals surface area (Å²) in [5, 5.41) is 7.77. The maximum atomic E-state index is 13.5. The van der Waals surface area contributed by atoms with E-state index in [-0.39, 0.29) is 5.91 Å². The smallest absolute Gasteiger partial charge is 0.272 e. The summed E-state index contributed by atoms with van der Waals surface area (Å²) in [6.45, 7) is 2.34. The quantitative estimate of drug-likeness (QED) is 0.374. The van der Waals surface area contributed by atoms with Crippen molar-refractivity contribution in [2.24, 2.45) is 0 Å². The Kier molecular flexibility index (Phi) is 7.35. The van der Waals surface area contributed by atoms with E-state index in [9.17, 15) is 4.79 Å². The van der Waals surface area contributed by atoms with Gasteiger partial charge in [-0.05, 0) is 55.2 Å². The Morgan fingerprint density at radius 2 is 1.73 bits per heavy atom. The highest BCUT2D eigenvalue weighted by molar-refractivity contribution is 5.99. The lowest BCUT2D eigenvalue weighted by molar-refractivity contribution is 0.0946. The summed E-state index contributed by atoms with van der Waals surface area (Å²) in [7, 11) is 3.19. The van der Waals surface area contributed by atoms with Crippen molar-refractivity contribution in [2.75, 3.05) is 32.2 Å². The summed E-state index contributed by atoms with van der Waals surface area (Å²) < 4.78 is 12.6. The van der Waals surface area contributed by atoms with Gasteiger partial charge in [-0.15, -0.1) is 0 Å². The molecule has 3 heterocycles. The zero-order chi connectivity index (χ0) is 25.6. The van der Waals surface area contributed by atoms with Gasteiger partial charge < -0.3 is 19.7 Å². The number of aromatic nitrogens is 3. The summed E-state index contributed by atoms with van der Waals surface area (Å²) in [6.07, 6.45) is 7.25. The van der Waals surface area contributed by atoms with Crippen LogP contribution in [0.1, 0.15) is 35.3 Å². The number of anilines is 1. The van der Waals surface area contributed by atoms with Crippen molar-refractivity contribution in [3.8, 4) is 28.3 Å². The molecule has 8 nitrogen and oxygen atoms in total. The highest BCUT2D eigenvalue weighted by Crippen LogP contribution is 2.34. The predicted molar refractivity (Wildman–Crippen MR) is 144 cm³/mol. The van der Waals surface area contributed by atoms with Crippen LogP contribution in [-0.4, -0.2) is 48.0 Å². The van der Waals surface area contributed by atoms with Gasteiger partial charge in [-0.2, -0.15) is 5.10 Å². The minimum absolute atomic E-state index is 0.257. The molecule has 0 unspecified atom stereocenters. The molecule has 2 aromatic heterocycles. The Balaban J connectivity index is 1.46. The Bertz CT molecular complexity index is 1360. The number of hydrogen-bond acceptors (Lipinski definition) is 6. The van der Waals surface area contributed by atoms with E-state index in [0.29, 0.717) is 29.3 Å². The first-order chi connectivity index (χ1) is 18.2. The summed E-state index contributed by atoms with van der Waals surface area (Å²) >= 11 is 0. The first kappa shape index (κ1) is 24.4. The van der Waals surface area contributed by atoms with E-state index in [0.717, 1.165) is 48.6 Å². The first-order valence-corrected chi connectivity index (χ1v) is 12.5. The van der Waals surface area contributed by atoms with E-state index in [1.54, 1.807) is 18.9 Å². The number of hydrogen-bond donors (Lipinski definition) is 1. The van der Waals surface area contributed by atoms with Gasteiger partial charge in [-0.1, -0.05) is 30.3 Å². The number of ether oxygens (including phenoxy) is 2. The average Bonchev–Trinajstić information content (AvgIpc) is 3.42. The second kappa shape index (κ2) is 11.2. The lowest BCUT2D eigenvalue weighted by Gasteiger charge is -2.29. The SMILES string of the molecule is COc1ccc(-c2cn(-c3ccccc3)nc2C(=O)NCc2cccnc2N2CCCCC2)cc1OC. The third-order valence-corrected chi connectivity index (χ3v) is 6.61. The van der Waals surface area contributed by atoms with Crippen LogP contribution in [0.15, 0.2) is 73.1 Å². The lowest BCUT2D eigenvalue weighted by atomic mass is 10.1. The number of methoxy groups -OCH3 is 2. The van der Waals surface area contributed by atoms with Crippen LogP contribution in [0.25, 0.3) is 16.8 Å². The molecule has 1 aliphatic heterocycles. The van der Waals surface area contributed by atoms with E-state index in [2.05, 4.69) is 20.3 Å². The number of pyridine rings is 1. The zero-order valence-electron chi connectivity index (χ0n) is 21.2. The van der Waals surface area contributed by atoms with Crippen LogP contribution in [0.2, 0.25) is 0 Å². The van der Waals surface area contributed by atoms with Crippen LogP contribution < -0.4 is 19.7 Å². The standard InChI is InChI=1S/C29H31N5O3/c1-36-25-14-13-21(18-26(25)37-2)24-20-34(23-11-5-3-6-12-23)32-27(24)29(35)31-19-22-10-9-15-30-28(22)33-16-7-4-8-17-33/h3,5-6,9-15,18,20H,4,7-8,16-17,19H2,1-2H3,(H,31,35). The molecule has 1 aliphatic rings. The highest BCUT2D eigenvalue weighted by Gasteiger charge is 2.21. The van der Waals surface area contributed by atoms with Gasteiger partial charge in [0.1, 0.15) is 5.82 Å². The average molecular weight is 498 g/mol. The number of nitrogens with one attached hydrogen (secondary N) is 1. The van der Waals surface area contributed by atoms with Crippen molar-refractivity contribution < 1.29 is 14.3 Å². The number of benzene rings is 2. The molecular formula is C29H31N5O3. The lowest BCUT2D eigenvalue weighted by Crippen LogP contribution is -2.32. The normalized spacial score (nSPS) is 13.3. The van der Waals surface area contributed by atoms with E-state index < -0.39 is 0 Å². The van der Waals surface area contributed by atoms with Crippen molar-refractivity contribution in [3.63, 3.8) is 0 Å². The minimum atomic E-state index is -0.257. The molecule has 1 N–H and O–H groups in total. The number of para-hydroxylation sites is 1. The fourth-order valence-electron chi connectivity index (χ4n) is 4.69. The maximum Gasteiger partial charge on any atom is 0.272 e. The molecule has 0 aliphatic carbocycles. The molecule has 1 fully saturated rings. The number of carbonyl (C=O) groups is 1. The van der Waals surface area contributed by atoms with Gasteiger partial charge in [0.05, 0.1) is 19.9 Å². The predicted octanol–water partition coefficient (Wildman–Crippen LogP) is 4.87. The molecule has 2 aromatic carbocycles. The Morgan fingerprint density at radius 3 is 2.49 bits per heavy atom. The molecule has 1 saturated heterocycles. The van der Waals surface area contributed by atoms with E-state index in [4.69, 9.17) is 9.47 Å². The molecule has 0 spiro atoms. The van der Waals surface area contributed by atoms with Gasteiger partial charge >= 0.3 is 0 Å². The molecule has 5 rings (SSSR count). The molecule has 1 amide bonds. The fraction of sp³-hybridized carbons (Fsp3) is 0.276. The van der Waals surface area contributed by atoms with Crippen LogP contribution >= 0.6 is 0 Å². The van der Waals surface area contributed by atoms with Crippen molar-refractivity contribution >= 4 is 11.7 Å². The molecule has 0 saturated carbocycles. The number of piperidine rings is 1. The van der Waals surface area contributed by atoms with E-state index >= 15 is 0 Å². The van der Waals surface area contributed by atoms with Crippen molar-refractivity contribution in [1.29, 1.82) is 0 Å². The number of carbonyl (C=O) groups excluding carboxylic acids is 1. The van der Waals surface area contributed by atoms with Gasteiger partial charge in [-0.25, -0.2) is 9.67 Å². The third kappa shape index (κ3) is 5.28. The highest BCUT2D eigenvalue weighted by atomic mass is 16.5. The Morgan fingerprint density at radius 1 is 0.946 bits per heavy atom. The fourth-order valence-corrected chi connectivity index (χ4v) is 4.69. The van der Waals surface area contributed by atoms with Gasteiger partial charge in [0.2, 0.25) is 0 Å². The first-order valence-electron chi connectivity index (χ1n) is 12.5. The second-order valence-electron chi connectivity index (χ2n) is 8.96. The zero-order valence-corrected chi connectivity index (χ0v) is 21.2. The maximum absolute atomic E-state index is 13.5. The van der Waals surface area contributed by atoms with E-state index in [1.807, 2.05) is 73.1 Å².